The standard InChI is InChI=1S/C21H15FN4OS/c1-27-20-9-12(2-5-16(20)22)8-17-15-6-7-28-21(15)14-4-3-13(10-18(14)24-17)19-11-23-26-25-19/h2-7,9-10H,8,11H2,1H3. The van der Waals surface area contributed by atoms with Crippen molar-refractivity contribution < 1.29 is 9.13 Å². The monoisotopic (exact) mass is 390 g/mol. The van der Waals surface area contributed by atoms with Crippen LogP contribution >= 0.6 is 11.3 Å². The van der Waals surface area contributed by atoms with Crippen LogP contribution in [0.2, 0.25) is 0 Å². The van der Waals surface area contributed by atoms with Gasteiger partial charge < -0.3 is 4.74 Å². The van der Waals surface area contributed by atoms with Gasteiger partial charge in [0, 0.05) is 27.5 Å². The Morgan fingerprint density at radius 1 is 1.11 bits per heavy atom. The second-order valence-corrected chi connectivity index (χ2v) is 7.45. The van der Waals surface area contributed by atoms with Gasteiger partial charge in [0.2, 0.25) is 0 Å². The molecule has 5 nitrogen and oxygen atoms in total. The Balaban J connectivity index is 1.63. The average Bonchev–Trinajstić information content (AvgIpc) is 3.41. The molecule has 5 rings (SSSR count). The third-order valence-electron chi connectivity index (χ3n) is 4.84. The second-order valence-electron chi connectivity index (χ2n) is 6.54. The van der Waals surface area contributed by atoms with Crippen molar-refractivity contribution in [3.63, 3.8) is 0 Å². The van der Waals surface area contributed by atoms with Gasteiger partial charge >= 0.3 is 0 Å². The van der Waals surface area contributed by atoms with Crippen molar-refractivity contribution in [2.75, 3.05) is 13.7 Å². The Kier molecular flexibility index (Phi) is 4.09. The van der Waals surface area contributed by atoms with Crippen LogP contribution in [0.25, 0.3) is 21.0 Å². The Hall–Kier alpha value is -3.19. The lowest BCUT2D eigenvalue weighted by Crippen LogP contribution is -2.02. The van der Waals surface area contributed by atoms with Crippen LogP contribution < -0.4 is 4.74 Å². The summed E-state index contributed by atoms with van der Waals surface area (Å²) in [5.41, 5.74) is 4.64. The number of aromatic nitrogens is 1. The zero-order valence-corrected chi connectivity index (χ0v) is 15.8. The maximum atomic E-state index is 13.7. The molecule has 0 atom stereocenters. The Morgan fingerprint density at radius 2 is 2.04 bits per heavy atom. The number of thiophene rings is 1. The molecule has 0 N–H and O–H groups in total. The molecule has 3 heterocycles. The minimum absolute atomic E-state index is 0.244. The van der Waals surface area contributed by atoms with Crippen molar-refractivity contribution in [1.29, 1.82) is 0 Å². The molecule has 4 aromatic rings. The van der Waals surface area contributed by atoms with E-state index < -0.39 is 0 Å². The van der Waals surface area contributed by atoms with Gasteiger partial charge in [-0.05, 0) is 40.4 Å². The second kappa shape index (κ2) is 6.76. The van der Waals surface area contributed by atoms with Crippen molar-refractivity contribution in [3.05, 3.63) is 70.5 Å². The summed E-state index contributed by atoms with van der Waals surface area (Å²) >= 11 is 1.70. The molecule has 1 aliphatic rings. The number of ether oxygens (including phenoxy) is 1. The van der Waals surface area contributed by atoms with E-state index in [0.29, 0.717) is 13.0 Å². The molecular weight excluding hydrogens is 375 g/mol. The van der Waals surface area contributed by atoms with Crippen LogP contribution in [-0.4, -0.2) is 24.4 Å². The van der Waals surface area contributed by atoms with E-state index in [1.165, 1.54) is 17.9 Å². The Bertz CT molecular complexity index is 1280. The van der Waals surface area contributed by atoms with Crippen molar-refractivity contribution in [1.82, 2.24) is 4.98 Å². The van der Waals surface area contributed by atoms with E-state index in [1.807, 2.05) is 12.1 Å². The lowest BCUT2D eigenvalue weighted by molar-refractivity contribution is 0.386. The molecule has 0 aliphatic carbocycles. The zero-order valence-electron chi connectivity index (χ0n) is 15.0. The third-order valence-corrected chi connectivity index (χ3v) is 5.79. The fourth-order valence-corrected chi connectivity index (χ4v) is 4.41. The molecule has 0 spiro atoms. The normalized spacial score (nSPS) is 13.4. The lowest BCUT2D eigenvalue weighted by atomic mass is 10.0. The molecule has 28 heavy (non-hydrogen) atoms. The summed E-state index contributed by atoms with van der Waals surface area (Å²) in [4.78, 5) is 4.94. The van der Waals surface area contributed by atoms with Gasteiger partial charge in [-0.15, -0.1) is 16.4 Å². The topological polar surface area (TPSA) is 59.2 Å². The summed E-state index contributed by atoms with van der Waals surface area (Å²) < 4.78 is 20.1. The summed E-state index contributed by atoms with van der Waals surface area (Å²) in [7, 11) is 1.47. The summed E-state index contributed by atoms with van der Waals surface area (Å²) in [6.07, 6.45) is 0.593. The number of methoxy groups -OCH3 is 1. The van der Waals surface area contributed by atoms with Gasteiger partial charge in [0.25, 0.3) is 0 Å². The van der Waals surface area contributed by atoms with Gasteiger partial charge in [-0.25, -0.2) is 4.39 Å². The molecular formula is C21H15FN4OS. The third kappa shape index (κ3) is 2.84. The number of hydrogen-bond donors (Lipinski definition) is 0. The van der Waals surface area contributed by atoms with Crippen LogP contribution in [-0.2, 0) is 6.42 Å². The molecule has 138 valence electrons. The molecule has 2 aromatic carbocycles. The van der Waals surface area contributed by atoms with Crippen LogP contribution in [0.5, 0.6) is 5.75 Å². The molecule has 0 fully saturated rings. The van der Waals surface area contributed by atoms with Crippen molar-refractivity contribution in [2.45, 2.75) is 6.42 Å². The fourth-order valence-electron chi connectivity index (χ4n) is 3.45. The van der Waals surface area contributed by atoms with Crippen molar-refractivity contribution >= 4 is 38.0 Å². The quantitative estimate of drug-likeness (QED) is 0.471. The molecule has 0 radical (unpaired) electrons. The zero-order chi connectivity index (χ0) is 19.1. The highest BCUT2D eigenvalue weighted by Gasteiger charge is 2.14. The number of nitrogens with zero attached hydrogens (tertiary/aromatic N) is 4. The van der Waals surface area contributed by atoms with Gasteiger partial charge in [0.15, 0.2) is 11.6 Å². The minimum atomic E-state index is -0.365. The van der Waals surface area contributed by atoms with Gasteiger partial charge in [0.05, 0.1) is 24.0 Å². The number of halogens is 1. The smallest absolute Gasteiger partial charge is 0.165 e. The molecule has 2 aromatic heterocycles. The van der Waals surface area contributed by atoms with Gasteiger partial charge in [-0.1, -0.05) is 18.2 Å². The lowest BCUT2D eigenvalue weighted by Gasteiger charge is -2.09. The van der Waals surface area contributed by atoms with Crippen LogP contribution in [0.15, 0.2) is 63.3 Å². The minimum Gasteiger partial charge on any atom is -0.494 e. The first-order valence-corrected chi connectivity index (χ1v) is 9.67. The number of benzene rings is 2. The Morgan fingerprint density at radius 3 is 2.86 bits per heavy atom. The van der Waals surface area contributed by atoms with Gasteiger partial charge in [-0.2, -0.15) is 5.11 Å². The SMILES string of the molecule is COc1cc(Cc2nc3cc(C4=NN=NC4)ccc3c3sccc23)ccc1F. The Labute approximate surface area is 164 Å². The number of rotatable bonds is 4. The van der Waals surface area contributed by atoms with E-state index >= 15 is 0 Å². The van der Waals surface area contributed by atoms with Gasteiger partial charge in [0.1, 0.15) is 6.54 Å². The molecule has 1 aliphatic heterocycles. The average molecular weight is 390 g/mol. The summed E-state index contributed by atoms with van der Waals surface area (Å²) in [6, 6.07) is 13.2. The van der Waals surface area contributed by atoms with E-state index in [-0.39, 0.29) is 11.6 Å². The van der Waals surface area contributed by atoms with E-state index in [0.717, 1.165) is 38.8 Å². The van der Waals surface area contributed by atoms with Crippen LogP contribution in [0, 0.1) is 5.82 Å². The predicted octanol–water partition coefficient (Wildman–Crippen LogP) is 5.36. The maximum Gasteiger partial charge on any atom is 0.165 e. The first-order valence-electron chi connectivity index (χ1n) is 8.79. The van der Waals surface area contributed by atoms with E-state index in [2.05, 4.69) is 33.0 Å². The summed E-state index contributed by atoms with van der Waals surface area (Å²) in [6.45, 7) is 0.495. The molecule has 0 saturated carbocycles. The fraction of sp³-hybridized carbons (Fsp3) is 0.143. The number of pyridine rings is 1. The highest BCUT2D eigenvalue weighted by molar-refractivity contribution is 7.18. The molecule has 7 heteroatoms. The van der Waals surface area contributed by atoms with Crippen LogP contribution in [0.3, 0.4) is 0 Å². The predicted molar refractivity (Wildman–Crippen MR) is 109 cm³/mol. The molecule has 0 unspecified atom stereocenters. The molecule has 0 saturated heterocycles. The first kappa shape index (κ1) is 16.9. The highest BCUT2D eigenvalue weighted by atomic mass is 32.1. The van der Waals surface area contributed by atoms with E-state index in [1.54, 1.807) is 23.5 Å². The molecule has 0 amide bonds. The highest BCUT2D eigenvalue weighted by Crippen LogP contribution is 2.33. The van der Waals surface area contributed by atoms with Crippen molar-refractivity contribution in [3.8, 4) is 5.75 Å². The maximum absolute atomic E-state index is 13.7. The number of fused-ring (bicyclic) bond motifs is 3. The van der Waals surface area contributed by atoms with Crippen LogP contribution in [0.4, 0.5) is 4.39 Å². The van der Waals surface area contributed by atoms with Crippen molar-refractivity contribution in [2.24, 2.45) is 15.4 Å². The first-order chi connectivity index (χ1) is 13.7. The largest absolute Gasteiger partial charge is 0.494 e. The van der Waals surface area contributed by atoms with Gasteiger partial charge in [-0.3, -0.25) is 4.98 Å². The molecule has 0 bridgehead atoms. The van der Waals surface area contributed by atoms with E-state index in [4.69, 9.17) is 9.72 Å². The summed E-state index contributed by atoms with van der Waals surface area (Å²) in [5, 5.41) is 16.0. The summed E-state index contributed by atoms with van der Waals surface area (Å²) in [5.74, 6) is -0.120. The van der Waals surface area contributed by atoms with E-state index in [9.17, 15) is 4.39 Å². The number of hydrogen-bond acceptors (Lipinski definition) is 6. The van der Waals surface area contributed by atoms with Crippen LogP contribution in [0.1, 0.15) is 16.8 Å².